The molecule has 2 N–H and O–H groups in total. The fourth-order valence-electron chi connectivity index (χ4n) is 6.09. The lowest BCUT2D eigenvalue weighted by molar-refractivity contribution is 0.0697. The second-order valence-corrected chi connectivity index (χ2v) is 13.6. The Kier molecular flexibility index (Phi) is 9.10. The highest BCUT2D eigenvalue weighted by Crippen LogP contribution is 2.35. The van der Waals surface area contributed by atoms with E-state index in [0.717, 1.165) is 40.6 Å². The number of ether oxygens (including phenoxy) is 2. The highest BCUT2D eigenvalue weighted by molar-refractivity contribution is 7.91. The minimum Gasteiger partial charge on any atom is -0.493 e. The highest BCUT2D eigenvalue weighted by atomic mass is 32.2. The summed E-state index contributed by atoms with van der Waals surface area (Å²) < 4.78 is 39.8. The van der Waals surface area contributed by atoms with Crippen LogP contribution >= 0.6 is 0 Å². The number of imidazole rings is 1. The number of carbonyl (C=O) groups is 1. The second kappa shape index (κ2) is 13.4. The van der Waals surface area contributed by atoms with E-state index in [1.807, 2.05) is 78.2 Å². The summed E-state index contributed by atoms with van der Waals surface area (Å²) in [4.78, 5) is 17.7. The molecular weight excluding hydrogens is 627 g/mol. The van der Waals surface area contributed by atoms with Crippen LogP contribution in [0.25, 0.3) is 38.6 Å². The molecule has 1 heterocycles. The van der Waals surface area contributed by atoms with Crippen LogP contribution in [0.3, 0.4) is 0 Å². The molecule has 0 fully saturated rings. The van der Waals surface area contributed by atoms with Gasteiger partial charge in [-0.1, -0.05) is 55.8 Å². The first-order chi connectivity index (χ1) is 23.1. The number of fused-ring (bicyclic) bond motifs is 2. The van der Waals surface area contributed by atoms with E-state index in [1.165, 1.54) is 7.11 Å². The third-order valence-electron chi connectivity index (χ3n) is 8.59. The number of carboxylic acid groups (broad SMARTS) is 1. The smallest absolute Gasteiger partial charge is 0.336 e. The van der Waals surface area contributed by atoms with Crippen LogP contribution in [0, 0.1) is 6.92 Å². The SMILES string of the molecule is CCCCc1nc2ccc(NCS(=O)(=O)c3ccc4cc(OC)c(OC)cc4c3)cc2n1-c1ccc(-c2ccccc2)c(C(=O)O)c1C. The van der Waals surface area contributed by atoms with Crippen molar-refractivity contribution in [3.05, 3.63) is 108 Å². The lowest BCUT2D eigenvalue weighted by atomic mass is 9.94. The molecule has 0 unspecified atom stereocenters. The summed E-state index contributed by atoms with van der Waals surface area (Å²) in [7, 11) is -0.638. The van der Waals surface area contributed by atoms with Crippen molar-refractivity contribution in [1.82, 2.24) is 9.55 Å². The average molecular weight is 664 g/mol. The summed E-state index contributed by atoms with van der Waals surface area (Å²) >= 11 is 0. The largest absolute Gasteiger partial charge is 0.493 e. The lowest BCUT2D eigenvalue weighted by Crippen LogP contribution is -2.15. The van der Waals surface area contributed by atoms with Crippen molar-refractivity contribution in [3.8, 4) is 28.3 Å². The van der Waals surface area contributed by atoms with Crippen LogP contribution in [-0.4, -0.2) is 49.1 Å². The zero-order chi connectivity index (χ0) is 34.0. The molecule has 6 rings (SSSR count). The molecule has 0 saturated heterocycles. The Balaban J connectivity index is 1.37. The van der Waals surface area contributed by atoms with Crippen molar-refractivity contribution in [2.24, 2.45) is 0 Å². The van der Waals surface area contributed by atoms with E-state index >= 15 is 0 Å². The molecule has 0 amide bonds. The van der Waals surface area contributed by atoms with Gasteiger partial charge in [-0.2, -0.15) is 0 Å². The van der Waals surface area contributed by atoms with Gasteiger partial charge in [-0.25, -0.2) is 18.2 Å². The first-order valence-corrected chi connectivity index (χ1v) is 17.4. The molecule has 0 spiro atoms. The van der Waals surface area contributed by atoms with Crippen LogP contribution in [0.2, 0.25) is 0 Å². The summed E-state index contributed by atoms with van der Waals surface area (Å²) in [6, 6.07) is 27.4. The van der Waals surface area contributed by atoms with Crippen LogP contribution in [0.4, 0.5) is 5.69 Å². The molecule has 246 valence electrons. The number of rotatable bonds is 12. The van der Waals surface area contributed by atoms with Gasteiger partial charge in [0.2, 0.25) is 0 Å². The van der Waals surface area contributed by atoms with Gasteiger partial charge in [-0.15, -0.1) is 0 Å². The lowest BCUT2D eigenvalue weighted by Gasteiger charge is -2.17. The maximum absolute atomic E-state index is 13.5. The number of aryl methyl sites for hydroxylation is 1. The van der Waals surface area contributed by atoms with Crippen LogP contribution in [0.5, 0.6) is 11.5 Å². The summed E-state index contributed by atoms with van der Waals surface area (Å²) in [5.74, 6) is 0.554. The number of hydrogen-bond donors (Lipinski definition) is 2. The van der Waals surface area contributed by atoms with Gasteiger partial charge in [0, 0.05) is 12.1 Å². The molecule has 0 aliphatic carbocycles. The maximum atomic E-state index is 13.5. The molecule has 1 aromatic heterocycles. The molecule has 0 saturated carbocycles. The molecule has 48 heavy (non-hydrogen) atoms. The molecule has 0 aliphatic heterocycles. The number of anilines is 1. The van der Waals surface area contributed by atoms with Crippen molar-refractivity contribution in [3.63, 3.8) is 0 Å². The average Bonchev–Trinajstić information content (AvgIpc) is 3.46. The van der Waals surface area contributed by atoms with Crippen molar-refractivity contribution >= 4 is 43.3 Å². The van der Waals surface area contributed by atoms with Crippen LogP contribution in [0.15, 0.2) is 95.9 Å². The predicted octanol–water partition coefficient (Wildman–Crippen LogP) is 8.06. The Labute approximate surface area is 279 Å². The third-order valence-corrected chi connectivity index (χ3v) is 10.1. The topological polar surface area (TPSA) is 120 Å². The summed E-state index contributed by atoms with van der Waals surface area (Å²) in [5, 5.41) is 15.0. The standard InChI is InChI=1S/C38H37N3O6S/c1-5-6-12-36-40-31-17-14-28(39-23-48(44,45)29-15-13-26-20-34(46-3)35(47-4)21-27(26)19-29)22-33(31)41(36)32-18-16-30(25-10-8-7-9-11-25)37(24(32)2)38(42)43/h7-11,13-22,39H,5-6,12,23H2,1-4H3,(H,42,43). The highest BCUT2D eigenvalue weighted by Gasteiger charge is 2.22. The molecular formula is C38H37N3O6S. The first kappa shape index (κ1) is 32.6. The van der Waals surface area contributed by atoms with Gasteiger partial charge in [0.1, 0.15) is 11.7 Å². The van der Waals surface area contributed by atoms with E-state index in [1.54, 1.807) is 31.4 Å². The zero-order valence-electron chi connectivity index (χ0n) is 27.3. The molecule has 10 heteroatoms. The van der Waals surface area contributed by atoms with E-state index in [0.29, 0.717) is 45.8 Å². The Hall–Kier alpha value is -5.35. The number of unbranched alkanes of at least 4 members (excludes halogenated alkanes) is 1. The fourth-order valence-corrected chi connectivity index (χ4v) is 7.20. The predicted molar refractivity (Wildman–Crippen MR) is 190 cm³/mol. The van der Waals surface area contributed by atoms with E-state index in [4.69, 9.17) is 14.5 Å². The van der Waals surface area contributed by atoms with Gasteiger partial charge in [0.25, 0.3) is 0 Å². The molecule has 5 aromatic carbocycles. The number of hydrogen-bond acceptors (Lipinski definition) is 7. The molecule has 6 aromatic rings. The Morgan fingerprint density at radius 3 is 2.31 bits per heavy atom. The summed E-state index contributed by atoms with van der Waals surface area (Å²) in [6.45, 7) is 3.94. The van der Waals surface area contributed by atoms with Crippen LogP contribution < -0.4 is 14.8 Å². The van der Waals surface area contributed by atoms with Crippen LogP contribution in [-0.2, 0) is 16.3 Å². The first-order valence-electron chi connectivity index (χ1n) is 15.7. The van der Waals surface area contributed by atoms with Crippen molar-refractivity contribution in [2.75, 3.05) is 25.4 Å². The quantitative estimate of drug-likeness (QED) is 0.135. The minimum atomic E-state index is -3.73. The number of nitrogens with one attached hydrogen (secondary N) is 1. The molecule has 9 nitrogen and oxygen atoms in total. The van der Waals surface area contributed by atoms with Crippen LogP contribution in [0.1, 0.15) is 41.5 Å². The normalized spacial score (nSPS) is 11.6. The number of sulfone groups is 1. The van der Waals surface area contributed by atoms with Gasteiger partial charge in [0.15, 0.2) is 21.3 Å². The van der Waals surface area contributed by atoms with Gasteiger partial charge >= 0.3 is 5.97 Å². The number of carboxylic acids is 1. The minimum absolute atomic E-state index is 0.179. The van der Waals surface area contributed by atoms with Crippen molar-refractivity contribution in [1.29, 1.82) is 0 Å². The van der Waals surface area contributed by atoms with Gasteiger partial charge < -0.3 is 19.9 Å². The molecule has 0 atom stereocenters. The Morgan fingerprint density at radius 1 is 0.896 bits per heavy atom. The van der Waals surface area contributed by atoms with Gasteiger partial charge in [-0.05, 0) is 89.3 Å². The second-order valence-electron chi connectivity index (χ2n) is 11.6. The number of aromatic carboxylic acids is 1. The van der Waals surface area contributed by atoms with E-state index in [-0.39, 0.29) is 16.3 Å². The van der Waals surface area contributed by atoms with Gasteiger partial charge in [-0.3, -0.25) is 4.57 Å². The number of benzene rings is 5. The molecule has 0 bridgehead atoms. The Bertz CT molecular complexity index is 2260. The van der Waals surface area contributed by atoms with Crippen molar-refractivity contribution in [2.45, 2.75) is 38.0 Å². The van der Waals surface area contributed by atoms with E-state index < -0.39 is 15.8 Å². The third kappa shape index (κ3) is 6.18. The fraction of sp³-hybridized carbons (Fsp3) is 0.211. The maximum Gasteiger partial charge on any atom is 0.336 e. The zero-order valence-corrected chi connectivity index (χ0v) is 28.1. The van der Waals surface area contributed by atoms with Gasteiger partial charge in [0.05, 0.1) is 41.4 Å². The Morgan fingerprint density at radius 2 is 1.62 bits per heavy atom. The number of aromatic nitrogens is 2. The molecule has 0 aliphatic rings. The number of methoxy groups -OCH3 is 2. The van der Waals surface area contributed by atoms with E-state index in [9.17, 15) is 18.3 Å². The van der Waals surface area contributed by atoms with Crippen molar-refractivity contribution < 1.29 is 27.8 Å². The summed E-state index contributed by atoms with van der Waals surface area (Å²) in [5.41, 5.74) is 5.11. The molecule has 0 radical (unpaired) electrons. The number of nitrogens with zero attached hydrogens (tertiary/aromatic N) is 2. The monoisotopic (exact) mass is 663 g/mol. The summed E-state index contributed by atoms with van der Waals surface area (Å²) in [6.07, 6.45) is 2.57. The van der Waals surface area contributed by atoms with E-state index in [2.05, 4.69) is 12.2 Å².